The molecule has 1 aromatic carbocycles. The van der Waals surface area contributed by atoms with Crippen molar-refractivity contribution in [2.75, 3.05) is 13.1 Å². The standard InChI is InChI=1S/C15H23ClN2/c1-4-14-9-17-15(2,3)11-18(14)10-12-6-5-7-13(16)8-12/h5-8,14,17H,4,9-11H2,1-3H3. The molecule has 0 spiro atoms. The Labute approximate surface area is 115 Å². The van der Waals surface area contributed by atoms with Gasteiger partial charge in [-0.25, -0.2) is 0 Å². The molecule has 1 unspecified atom stereocenters. The lowest BCUT2D eigenvalue weighted by Gasteiger charge is -2.44. The zero-order valence-electron chi connectivity index (χ0n) is 11.5. The van der Waals surface area contributed by atoms with Crippen LogP contribution in [0.1, 0.15) is 32.8 Å². The molecule has 2 rings (SSSR count). The second kappa shape index (κ2) is 5.60. The van der Waals surface area contributed by atoms with E-state index in [9.17, 15) is 0 Å². The summed E-state index contributed by atoms with van der Waals surface area (Å²) in [7, 11) is 0. The maximum absolute atomic E-state index is 6.06. The van der Waals surface area contributed by atoms with Crippen LogP contribution in [0.25, 0.3) is 0 Å². The summed E-state index contributed by atoms with van der Waals surface area (Å²) in [5.74, 6) is 0. The maximum Gasteiger partial charge on any atom is 0.0409 e. The molecule has 100 valence electrons. The van der Waals surface area contributed by atoms with Crippen LogP contribution >= 0.6 is 11.6 Å². The van der Waals surface area contributed by atoms with Crippen molar-refractivity contribution in [3.8, 4) is 0 Å². The van der Waals surface area contributed by atoms with E-state index in [1.54, 1.807) is 0 Å². The minimum absolute atomic E-state index is 0.199. The Hall–Kier alpha value is -0.570. The summed E-state index contributed by atoms with van der Waals surface area (Å²) < 4.78 is 0. The van der Waals surface area contributed by atoms with Crippen molar-refractivity contribution in [3.05, 3.63) is 34.9 Å². The van der Waals surface area contributed by atoms with Crippen molar-refractivity contribution in [3.63, 3.8) is 0 Å². The highest BCUT2D eigenvalue weighted by Crippen LogP contribution is 2.21. The Kier molecular flexibility index (Phi) is 4.31. The van der Waals surface area contributed by atoms with Gasteiger partial charge >= 0.3 is 0 Å². The molecular weight excluding hydrogens is 244 g/mol. The first kappa shape index (κ1) is 13.9. The van der Waals surface area contributed by atoms with Gasteiger partial charge in [0.25, 0.3) is 0 Å². The van der Waals surface area contributed by atoms with Gasteiger partial charge in [0.15, 0.2) is 0 Å². The number of hydrogen-bond donors (Lipinski definition) is 1. The fraction of sp³-hybridized carbons (Fsp3) is 0.600. The average Bonchev–Trinajstić information content (AvgIpc) is 2.28. The van der Waals surface area contributed by atoms with Crippen molar-refractivity contribution in [2.24, 2.45) is 0 Å². The van der Waals surface area contributed by atoms with Crippen LogP contribution in [0.15, 0.2) is 24.3 Å². The number of benzene rings is 1. The minimum atomic E-state index is 0.199. The van der Waals surface area contributed by atoms with E-state index in [2.05, 4.69) is 43.1 Å². The van der Waals surface area contributed by atoms with Gasteiger partial charge in [0.1, 0.15) is 0 Å². The lowest BCUT2D eigenvalue weighted by molar-refractivity contribution is 0.0858. The van der Waals surface area contributed by atoms with Gasteiger partial charge in [-0.1, -0.05) is 30.7 Å². The van der Waals surface area contributed by atoms with E-state index in [1.165, 1.54) is 12.0 Å². The number of nitrogens with one attached hydrogen (secondary N) is 1. The first-order valence-electron chi connectivity index (χ1n) is 6.74. The van der Waals surface area contributed by atoms with Crippen molar-refractivity contribution >= 4 is 11.6 Å². The lowest BCUT2D eigenvalue weighted by atomic mass is 9.97. The molecule has 3 heteroatoms. The molecule has 0 radical (unpaired) electrons. The first-order chi connectivity index (χ1) is 8.50. The average molecular weight is 267 g/mol. The van der Waals surface area contributed by atoms with Gasteiger partial charge < -0.3 is 5.32 Å². The summed E-state index contributed by atoms with van der Waals surface area (Å²) >= 11 is 6.06. The van der Waals surface area contributed by atoms with Crippen LogP contribution in [-0.4, -0.2) is 29.6 Å². The third-order valence-electron chi connectivity index (χ3n) is 3.68. The molecule has 1 fully saturated rings. The molecule has 2 nitrogen and oxygen atoms in total. The summed E-state index contributed by atoms with van der Waals surface area (Å²) in [5.41, 5.74) is 1.50. The molecule has 1 saturated heterocycles. The Balaban J connectivity index is 2.09. The number of rotatable bonds is 3. The quantitative estimate of drug-likeness (QED) is 0.903. The van der Waals surface area contributed by atoms with Crippen molar-refractivity contribution in [1.29, 1.82) is 0 Å². The number of nitrogens with zero attached hydrogens (tertiary/aromatic N) is 1. The molecule has 18 heavy (non-hydrogen) atoms. The second-order valence-electron chi connectivity index (χ2n) is 5.86. The predicted molar refractivity (Wildman–Crippen MR) is 78.0 cm³/mol. The van der Waals surface area contributed by atoms with Crippen LogP contribution < -0.4 is 5.32 Å². The Morgan fingerprint density at radius 3 is 2.89 bits per heavy atom. The zero-order valence-corrected chi connectivity index (χ0v) is 12.3. The number of halogens is 1. The van der Waals surface area contributed by atoms with Crippen LogP contribution in [0.4, 0.5) is 0 Å². The van der Waals surface area contributed by atoms with Gasteiger partial charge in [0.05, 0.1) is 0 Å². The van der Waals surface area contributed by atoms with Crippen LogP contribution in [0.2, 0.25) is 5.02 Å². The molecule has 1 aromatic rings. The van der Waals surface area contributed by atoms with Crippen LogP contribution in [0, 0.1) is 0 Å². The zero-order chi connectivity index (χ0) is 13.2. The van der Waals surface area contributed by atoms with Crippen molar-refractivity contribution in [2.45, 2.75) is 45.3 Å². The summed E-state index contributed by atoms with van der Waals surface area (Å²) in [5, 5.41) is 4.45. The third-order valence-corrected chi connectivity index (χ3v) is 3.91. The Bertz CT molecular complexity index is 403. The molecular formula is C15H23ClN2. The first-order valence-corrected chi connectivity index (χ1v) is 7.11. The van der Waals surface area contributed by atoms with E-state index in [-0.39, 0.29) is 5.54 Å². The van der Waals surface area contributed by atoms with E-state index in [0.29, 0.717) is 6.04 Å². The predicted octanol–water partition coefficient (Wildman–Crippen LogP) is 3.30. The number of hydrogen-bond acceptors (Lipinski definition) is 2. The van der Waals surface area contributed by atoms with Crippen molar-refractivity contribution in [1.82, 2.24) is 10.2 Å². The topological polar surface area (TPSA) is 15.3 Å². The molecule has 0 aromatic heterocycles. The molecule has 1 N–H and O–H groups in total. The van der Waals surface area contributed by atoms with Gasteiger partial charge in [-0.05, 0) is 38.0 Å². The molecule has 1 aliphatic heterocycles. The fourth-order valence-corrected chi connectivity index (χ4v) is 2.89. The highest BCUT2D eigenvalue weighted by Gasteiger charge is 2.31. The fourth-order valence-electron chi connectivity index (χ4n) is 2.67. The van der Waals surface area contributed by atoms with Gasteiger partial charge in [0, 0.05) is 36.2 Å². The molecule has 1 heterocycles. The molecule has 0 bridgehead atoms. The smallest absolute Gasteiger partial charge is 0.0409 e. The van der Waals surface area contributed by atoms with E-state index < -0.39 is 0 Å². The molecule has 0 aliphatic carbocycles. The largest absolute Gasteiger partial charge is 0.309 e. The van der Waals surface area contributed by atoms with E-state index in [0.717, 1.165) is 24.7 Å². The van der Waals surface area contributed by atoms with Gasteiger partial charge in [-0.3, -0.25) is 4.90 Å². The number of piperazine rings is 1. The Morgan fingerprint density at radius 1 is 1.44 bits per heavy atom. The van der Waals surface area contributed by atoms with Crippen LogP contribution in [-0.2, 0) is 6.54 Å². The van der Waals surface area contributed by atoms with Gasteiger partial charge in [0.2, 0.25) is 0 Å². The van der Waals surface area contributed by atoms with E-state index in [4.69, 9.17) is 11.6 Å². The minimum Gasteiger partial charge on any atom is -0.309 e. The summed E-state index contributed by atoms with van der Waals surface area (Å²) in [6, 6.07) is 8.82. The van der Waals surface area contributed by atoms with Gasteiger partial charge in [-0.15, -0.1) is 0 Å². The highest BCUT2D eigenvalue weighted by atomic mass is 35.5. The monoisotopic (exact) mass is 266 g/mol. The van der Waals surface area contributed by atoms with E-state index in [1.807, 2.05) is 12.1 Å². The normalized spacial score (nSPS) is 24.1. The van der Waals surface area contributed by atoms with Crippen LogP contribution in [0.3, 0.4) is 0 Å². The highest BCUT2D eigenvalue weighted by molar-refractivity contribution is 6.30. The summed E-state index contributed by atoms with van der Waals surface area (Å²) in [6.07, 6.45) is 1.18. The van der Waals surface area contributed by atoms with Gasteiger partial charge in [-0.2, -0.15) is 0 Å². The van der Waals surface area contributed by atoms with Crippen LogP contribution in [0.5, 0.6) is 0 Å². The SMILES string of the molecule is CCC1CNC(C)(C)CN1Cc1cccc(Cl)c1. The molecule has 0 saturated carbocycles. The summed E-state index contributed by atoms with van der Waals surface area (Å²) in [4.78, 5) is 2.57. The molecule has 0 amide bonds. The molecule has 1 atom stereocenters. The second-order valence-corrected chi connectivity index (χ2v) is 6.30. The Morgan fingerprint density at radius 2 is 2.22 bits per heavy atom. The summed E-state index contributed by atoms with van der Waals surface area (Å²) in [6.45, 7) is 9.94. The third kappa shape index (κ3) is 3.47. The van der Waals surface area contributed by atoms with Crippen molar-refractivity contribution < 1.29 is 0 Å². The lowest BCUT2D eigenvalue weighted by Crippen LogP contribution is -2.60. The molecule has 1 aliphatic rings. The maximum atomic E-state index is 6.06. The van der Waals surface area contributed by atoms with E-state index >= 15 is 0 Å².